The normalized spacial score (nSPS) is 7.33. The number of hydrogen-bond donors (Lipinski definition) is 1. The number of hydrogen-bond acceptors (Lipinski definition) is 3. The zero-order chi connectivity index (χ0) is 6.95. The van der Waals surface area contributed by atoms with Crippen LogP contribution in [0.5, 0.6) is 0 Å². The highest BCUT2D eigenvalue weighted by molar-refractivity contribution is 4.70. The molecule has 0 spiro atoms. The molecule has 0 aliphatic carbocycles. The van der Waals surface area contributed by atoms with Gasteiger partial charge in [-0.15, -0.1) is 0 Å². The molecule has 0 aliphatic heterocycles. The fourth-order valence-corrected chi connectivity index (χ4v) is 0.473. The summed E-state index contributed by atoms with van der Waals surface area (Å²) >= 11 is 0. The minimum Gasteiger partial charge on any atom is -0.324 e. The summed E-state index contributed by atoms with van der Waals surface area (Å²) in [6, 6.07) is 2.03. The maximum atomic E-state index is 8.09. The summed E-state index contributed by atoms with van der Waals surface area (Å²) in [6.45, 7) is 0.693. The summed E-state index contributed by atoms with van der Waals surface area (Å²) in [5.41, 5.74) is 0. The topological polar surface area (TPSA) is 59.6 Å². The van der Waals surface area contributed by atoms with Crippen molar-refractivity contribution in [3.05, 3.63) is 0 Å². The molecule has 0 heterocycles. The van der Waals surface area contributed by atoms with Gasteiger partial charge in [0.15, 0.2) is 6.19 Å². The molecule has 0 aromatic rings. The van der Waals surface area contributed by atoms with E-state index in [1.54, 1.807) is 0 Å². The molecule has 0 atom stereocenters. The summed E-state index contributed by atoms with van der Waals surface area (Å²) in [5, 5.41) is 18.6. The smallest absolute Gasteiger partial charge is 0.176 e. The number of nitrogens with zero attached hydrogens (tertiary/aromatic N) is 2. The van der Waals surface area contributed by atoms with Crippen molar-refractivity contribution in [2.75, 3.05) is 6.54 Å². The molecule has 0 aliphatic rings. The summed E-state index contributed by atoms with van der Waals surface area (Å²) < 4.78 is 0. The van der Waals surface area contributed by atoms with E-state index in [0.29, 0.717) is 13.0 Å². The van der Waals surface area contributed by atoms with Crippen LogP contribution in [-0.4, -0.2) is 6.54 Å². The van der Waals surface area contributed by atoms with E-state index >= 15 is 0 Å². The minimum absolute atomic E-state index is 0.590. The zero-order valence-corrected chi connectivity index (χ0v) is 5.22. The van der Waals surface area contributed by atoms with Gasteiger partial charge in [-0.1, -0.05) is 0 Å². The lowest BCUT2D eigenvalue weighted by Gasteiger charge is -1.91. The monoisotopic (exact) mass is 123 g/mol. The van der Waals surface area contributed by atoms with Gasteiger partial charge in [0, 0.05) is 13.0 Å². The molecule has 0 fully saturated rings. The van der Waals surface area contributed by atoms with E-state index in [1.807, 2.05) is 12.3 Å². The number of unbranched alkanes of at least 4 members (excludes halogenated alkanes) is 2. The predicted octanol–water partition coefficient (Wildman–Crippen LogP) is 0.751. The molecule has 0 bridgehead atoms. The van der Waals surface area contributed by atoms with Crippen LogP contribution in [0.15, 0.2) is 0 Å². The van der Waals surface area contributed by atoms with Gasteiger partial charge < -0.3 is 5.32 Å². The van der Waals surface area contributed by atoms with E-state index in [0.717, 1.165) is 12.8 Å². The van der Waals surface area contributed by atoms with Crippen molar-refractivity contribution >= 4 is 0 Å². The molecule has 3 heteroatoms. The number of rotatable bonds is 4. The van der Waals surface area contributed by atoms with Gasteiger partial charge in [0.05, 0.1) is 6.07 Å². The summed E-state index contributed by atoms with van der Waals surface area (Å²) in [4.78, 5) is 0. The van der Waals surface area contributed by atoms with Gasteiger partial charge >= 0.3 is 0 Å². The van der Waals surface area contributed by atoms with Gasteiger partial charge in [-0.3, -0.25) is 0 Å². The molecule has 0 rings (SSSR count). The highest BCUT2D eigenvalue weighted by Gasteiger charge is 1.84. The molecule has 48 valence electrons. The first-order valence-electron chi connectivity index (χ1n) is 2.90. The Morgan fingerprint density at radius 3 is 2.56 bits per heavy atom. The van der Waals surface area contributed by atoms with Crippen LogP contribution in [0.4, 0.5) is 0 Å². The van der Waals surface area contributed by atoms with E-state index in [-0.39, 0.29) is 0 Å². The predicted molar refractivity (Wildman–Crippen MR) is 33.1 cm³/mol. The SMILES string of the molecule is N#CCCCCNC#N. The fourth-order valence-electron chi connectivity index (χ4n) is 0.473. The molecule has 0 unspecified atom stereocenters. The van der Waals surface area contributed by atoms with E-state index in [1.165, 1.54) is 0 Å². The molecule has 9 heavy (non-hydrogen) atoms. The van der Waals surface area contributed by atoms with Crippen molar-refractivity contribution in [2.45, 2.75) is 19.3 Å². The quantitative estimate of drug-likeness (QED) is 0.341. The second-order valence-corrected chi connectivity index (χ2v) is 1.65. The van der Waals surface area contributed by atoms with Crippen molar-refractivity contribution in [3.8, 4) is 12.3 Å². The van der Waals surface area contributed by atoms with Crippen LogP contribution in [-0.2, 0) is 0 Å². The third-order valence-corrected chi connectivity index (χ3v) is 0.919. The van der Waals surface area contributed by atoms with Crippen molar-refractivity contribution in [1.29, 1.82) is 10.5 Å². The Morgan fingerprint density at radius 2 is 2.00 bits per heavy atom. The zero-order valence-electron chi connectivity index (χ0n) is 5.22. The fraction of sp³-hybridized carbons (Fsp3) is 0.667. The van der Waals surface area contributed by atoms with Gasteiger partial charge in [0.25, 0.3) is 0 Å². The molecular formula is C6H9N3. The van der Waals surface area contributed by atoms with Gasteiger partial charge in [-0.05, 0) is 12.8 Å². The van der Waals surface area contributed by atoms with Gasteiger partial charge in [0.2, 0.25) is 0 Å². The Balaban J connectivity index is 2.79. The lowest BCUT2D eigenvalue weighted by Crippen LogP contribution is -2.06. The molecule has 0 saturated carbocycles. The lowest BCUT2D eigenvalue weighted by molar-refractivity contribution is 0.713. The van der Waals surface area contributed by atoms with E-state index in [4.69, 9.17) is 10.5 Å². The molecule has 3 nitrogen and oxygen atoms in total. The first-order chi connectivity index (χ1) is 4.41. The van der Waals surface area contributed by atoms with E-state index < -0.39 is 0 Å². The molecule has 0 aromatic heterocycles. The lowest BCUT2D eigenvalue weighted by atomic mass is 10.2. The Labute approximate surface area is 54.9 Å². The molecular weight excluding hydrogens is 114 g/mol. The largest absolute Gasteiger partial charge is 0.324 e. The maximum Gasteiger partial charge on any atom is 0.176 e. The third kappa shape index (κ3) is 6.78. The van der Waals surface area contributed by atoms with Crippen LogP contribution in [0.1, 0.15) is 19.3 Å². The minimum atomic E-state index is 0.590. The Kier molecular flexibility index (Phi) is 5.86. The molecule has 0 aromatic carbocycles. The molecule has 1 N–H and O–H groups in total. The maximum absolute atomic E-state index is 8.09. The van der Waals surface area contributed by atoms with Crippen LogP contribution in [0.3, 0.4) is 0 Å². The highest BCUT2D eigenvalue weighted by atomic mass is 14.8. The van der Waals surface area contributed by atoms with Crippen molar-refractivity contribution in [2.24, 2.45) is 0 Å². The number of nitrogens with one attached hydrogen (secondary N) is 1. The van der Waals surface area contributed by atoms with Gasteiger partial charge in [0.1, 0.15) is 0 Å². The Bertz CT molecular complexity index is 112. The number of nitriles is 2. The van der Waals surface area contributed by atoms with Gasteiger partial charge in [-0.2, -0.15) is 10.5 Å². The third-order valence-electron chi connectivity index (χ3n) is 0.919. The van der Waals surface area contributed by atoms with Crippen molar-refractivity contribution in [3.63, 3.8) is 0 Å². The second kappa shape index (κ2) is 6.78. The van der Waals surface area contributed by atoms with Crippen LogP contribution in [0, 0.1) is 22.8 Å². The summed E-state index contributed by atoms with van der Waals surface area (Å²) in [7, 11) is 0. The Morgan fingerprint density at radius 1 is 1.22 bits per heavy atom. The summed E-state index contributed by atoms with van der Waals surface area (Å²) in [5.74, 6) is 0. The molecule has 0 amide bonds. The van der Waals surface area contributed by atoms with E-state index in [2.05, 4.69) is 5.32 Å². The highest BCUT2D eigenvalue weighted by Crippen LogP contribution is 1.90. The van der Waals surface area contributed by atoms with Crippen LogP contribution >= 0.6 is 0 Å². The standard InChI is InChI=1S/C6H9N3/c7-4-2-1-3-5-9-6-8/h9H,1-3,5H2. The average Bonchev–Trinajstić information content (AvgIpc) is 1.89. The average molecular weight is 123 g/mol. The first-order valence-corrected chi connectivity index (χ1v) is 2.90. The molecule has 0 radical (unpaired) electrons. The summed E-state index contributed by atoms with van der Waals surface area (Å²) in [6.07, 6.45) is 4.19. The van der Waals surface area contributed by atoms with Crippen LogP contribution < -0.4 is 5.32 Å². The van der Waals surface area contributed by atoms with Crippen molar-refractivity contribution < 1.29 is 0 Å². The molecule has 0 saturated heterocycles. The van der Waals surface area contributed by atoms with Crippen LogP contribution in [0.25, 0.3) is 0 Å². The first kappa shape index (κ1) is 7.78. The second-order valence-electron chi connectivity index (χ2n) is 1.65. The van der Waals surface area contributed by atoms with E-state index in [9.17, 15) is 0 Å². The Hall–Kier alpha value is -1.22. The van der Waals surface area contributed by atoms with Crippen LogP contribution in [0.2, 0.25) is 0 Å². The van der Waals surface area contributed by atoms with Gasteiger partial charge in [-0.25, -0.2) is 0 Å². The van der Waals surface area contributed by atoms with Crippen molar-refractivity contribution in [1.82, 2.24) is 5.32 Å².